The van der Waals surface area contributed by atoms with Crippen molar-refractivity contribution < 1.29 is 9.53 Å². The molecule has 0 amide bonds. The van der Waals surface area contributed by atoms with Crippen molar-refractivity contribution in [2.24, 2.45) is 0 Å². The predicted molar refractivity (Wildman–Crippen MR) is 81.0 cm³/mol. The van der Waals surface area contributed by atoms with Gasteiger partial charge in [-0.05, 0) is 43.4 Å². The summed E-state index contributed by atoms with van der Waals surface area (Å²) >= 11 is 1.99. The molecule has 1 aromatic carbocycles. The van der Waals surface area contributed by atoms with E-state index in [9.17, 15) is 4.79 Å². The van der Waals surface area contributed by atoms with Crippen LogP contribution in [-0.4, -0.2) is 30.4 Å². The number of benzene rings is 1. The molecule has 2 heterocycles. The lowest BCUT2D eigenvalue weighted by Crippen LogP contribution is -2.39. The van der Waals surface area contributed by atoms with E-state index in [1.807, 2.05) is 23.9 Å². The SMILES string of the molecule is COC(=O)Cc1ccc(S[C@H]2C[C@H]3CC[C@@H](C2)N3)cc1. The average molecular weight is 291 g/mol. The van der Waals surface area contributed by atoms with Crippen LogP contribution in [0.2, 0.25) is 0 Å². The fraction of sp³-hybridized carbons (Fsp3) is 0.562. The molecule has 2 saturated heterocycles. The van der Waals surface area contributed by atoms with Crippen LogP contribution in [0.25, 0.3) is 0 Å². The van der Waals surface area contributed by atoms with Crippen molar-refractivity contribution in [2.45, 2.75) is 54.3 Å². The molecule has 2 aliphatic rings. The van der Waals surface area contributed by atoms with Crippen LogP contribution in [0.4, 0.5) is 0 Å². The molecule has 3 atom stereocenters. The van der Waals surface area contributed by atoms with E-state index >= 15 is 0 Å². The van der Waals surface area contributed by atoms with Gasteiger partial charge in [-0.25, -0.2) is 0 Å². The van der Waals surface area contributed by atoms with Crippen LogP contribution in [0.1, 0.15) is 31.2 Å². The number of ether oxygens (including phenoxy) is 1. The monoisotopic (exact) mass is 291 g/mol. The van der Waals surface area contributed by atoms with Crippen molar-refractivity contribution in [3.8, 4) is 0 Å². The number of rotatable bonds is 4. The lowest BCUT2D eigenvalue weighted by atomic mass is 10.1. The highest BCUT2D eigenvalue weighted by molar-refractivity contribution is 8.00. The molecule has 108 valence electrons. The Morgan fingerprint density at radius 2 is 1.90 bits per heavy atom. The minimum absolute atomic E-state index is 0.180. The molecule has 0 spiro atoms. The molecule has 3 nitrogen and oxygen atoms in total. The summed E-state index contributed by atoms with van der Waals surface area (Å²) in [5.74, 6) is -0.180. The summed E-state index contributed by atoms with van der Waals surface area (Å²) in [6.07, 6.45) is 5.62. The summed E-state index contributed by atoms with van der Waals surface area (Å²) < 4.78 is 4.69. The van der Waals surface area contributed by atoms with E-state index in [0.29, 0.717) is 6.42 Å². The minimum atomic E-state index is -0.180. The van der Waals surface area contributed by atoms with E-state index in [2.05, 4.69) is 22.2 Å². The molecule has 0 radical (unpaired) electrons. The van der Waals surface area contributed by atoms with E-state index in [-0.39, 0.29) is 5.97 Å². The standard InChI is InChI=1S/C16H21NO2S/c1-19-16(18)8-11-2-6-14(7-3-11)20-15-9-12-4-5-13(10-15)17-12/h2-3,6-7,12-13,15,17H,4-5,8-10H2,1H3/t12-,13+,15+. The Kier molecular flexibility index (Phi) is 4.32. The molecule has 0 unspecified atom stereocenters. The maximum atomic E-state index is 11.2. The Morgan fingerprint density at radius 1 is 1.25 bits per heavy atom. The van der Waals surface area contributed by atoms with Gasteiger partial charge in [-0.15, -0.1) is 11.8 Å². The second kappa shape index (κ2) is 6.19. The first-order valence-electron chi connectivity index (χ1n) is 7.31. The lowest BCUT2D eigenvalue weighted by molar-refractivity contribution is -0.139. The molecule has 1 N–H and O–H groups in total. The van der Waals surface area contributed by atoms with Gasteiger partial charge in [0.2, 0.25) is 0 Å². The molecule has 2 bridgehead atoms. The summed E-state index contributed by atoms with van der Waals surface area (Å²) in [7, 11) is 1.43. The van der Waals surface area contributed by atoms with Gasteiger partial charge in [0, 0.05) is 22.2 Å². The number of nitrogens with one attached hydrogen (secondary N) is 1. The van der Waals surface area contributed by atoms with Gasteiger partial charge in [-0.2, -0.15) is 0 Å². The number of piperidine rings is 1. The molecule has 4 heteroatoms. The third-order valence-electron chi connectivity index (χ3n) is 4.23. The van der Waals surface area contributed by atoms with Crippen LogP contribution in [-0.2, 0) is 16.0 Å². The highest BCUT2D eigenvalue weighted by atomic mass is 32.2. The number of carbonyl (C=O) groups excluding carboxylic acids is 1. The zero-order valence-electron chi connectivity index (χ0n) is 11.8. The number of thioether (sulfide) groups is 1. The number of hydrogen-bond donors (Lipinski definition) is 1. The Labute approximate surface area is 124 Å². The van der Waals surface area contributed by atoms with Gasteiger partial charge >= 0.3 is 5.97 Å². The molecule has 20 heavy (non-hydrogen) atoms. The fourth-order valence-electron chi connectivity index (χ4n) is 3.22. The Hall–Kier alpha value is -1.00. The maximum Gasteiger partial charge on any atom is 0.309 e. The molecule has 0 aliphatic carbocycles. The number of esters is 1. The van der Waals surface area contributed by atoms with Gasteiger partial charge in [0.05, 0.1) is 13.5 Å². The quantitative estimate of drug-likeness (QED) is 0.866. The molecular weight excluding hydrogens is 270 g/mol. The highest BCUT2D eigenvalue weighted by Gasteiger charge is 2.33. The smallest absolute Gasteiger partial charge is 0.309 e. The minimum Gasteiger partial charge on any atom is -0.469 e. The molecule has 0 aromatic heterocycles. The van der Waals surface area contributed by atoms with Crippen molar-refractivity contribution >= 4 is 17.7 Å². The fourth-order valence-corrected chi connectivity index (χ4v) is 4.55. The first-order chi connectivity index (χ1) is 9.72. The van der Waals surface area contributed by atoms with E-state index < -0.39 is 0 Å². The summed E-state index contributed by atoms with van der Waals surface area (Å²) in [6, 6.07) is 9.82. The zero-order chi connectivity index (χ0) is 13.9. The summed E-state index contributed by atoms with van der Waals surface area (Å²) in [5.41, 5.74) is 1.02. The van der Waals surface area contributed by atoms with Crippen molar-refractivity contribution in [3.05, 3.63) is 29.8 Å². The third kappa shape index (κ3) is 3.36. The second-order valence-corrected chi connectivity index (χ2v) is 7.12. The van der Waals surface area contributed by atoms with Crippen molar-refractivity contribution in [1.29, 1.82) is 0 Å². The molecule has 1 aromatic rings. The largest absolute Gasteiger partial charge is 0.469 e. The molecule has 2 fully saturated rings. The predicted octanol–water partition coefficient (Wildman–Crippen LogP) is 2.78. The van der Waals surface area contributed by atoms with Gasteiger partial charge in [0.1, 0.15) is 0 Å². The Morgan fingerprint density at radius 3 is 2.50 bits per heavy atom. The average Bonchev–Trinajstić information content (AvgIpc) is 2.80. The molecule has 0 saturated carbocycles. The van der Waals surface area contributed by atoms with Crippen LogP contribution >= 0.6 is 11.8 Å². The van der Waals surface area contributed by atoms with Crippen LogP contribution in [0.3, 0.4) is 0 Å². The van der Waals surface area contributed by atoms with Gasteiger partial charge in [0.25, 0.3) is 0 Å². The van der Waals surface area contributed by atoms with Gasteiger partial charge in [-0.1, -0.05) is 12.1 Å². The first-order valence-corrected chi connectivity index (χ1v) is 8.19. The number of fused-ring (bicyclic) bond motifs is 2. The number of hydrogen-bond acceptors (Lipinski definition) is 4. The van der Waals surface area contributed by atoms with Gasteiger partial charge < -0.3 is 10.1 Å². The lowest BCUT2D eigenvalue weighted by Gasteiger charge is -2.28. The van der Waals surface area contributed by atoms with E-state index in [1.54, 1.807) is 0 Å². The zero-order valence-corrected chi connectivity index (χ0v) is 12.6. The molecular formula is C16H21NO2S. The van der Waals surface area contributed by atoms with Gasteiger partial charge in [-0.3, -0.25) is 4.79 Å². The summed E-state index contributed by atoms with van der Waals surface area (Å²) in [5, 5.41) is 4.41. The summed E-state index contributed by atoms with van der Waals surface area (Å²) in [6.45, 7) is 0. The van der Waals surface area contributed by atoms with Crippen molar-refractivity contribution in [2.75, 3.05) is 7.11 Å². The highest BCUT2D eigenvalue weighted by Crippen LogP contribution is 2.37. The van der Waals surface area contributed by atoms with Crippen molar-refractivity contribution in [3.63, 3.8) is 0 Å². The number of carbonyl (C=O) groups is 1. The van der Waals surface area contributed by atoms with Crippen molar-refractivity contribution in [1.82, 2.24) is 5.32 Å². The Balaban J connectivity index is 1.56. The van der Waals surface area contributed by atoms with E-state index in [4.69, 9.17) is 0 Å². The van der Waals surface area contributed by atoms with E-state index in [1.165, 1.54) is 37.7 Å². The van der Waals surface area contributed by atoms with E-state index in [0.717, 1.165) is 22.9 Å². The summed E-state index contributed by atoms with van der Waals surface area (Å²) in [4.78, 5) is 12.5. The number of methoxy groups -OCH3 is 1. The normalized spacial score (nSPS) is 28.4. The molecule has 2 aliphatic heterocycles. The molecule has 3 rings (SSSR count). The first kappa shape index (κ1) is 14.0. The maximum absolute atomic E-state index is 11.2. The second-order valence-electron chi connectivity index (χ2n) is 5.75. The van der Waals surface area contributed by atoms with Crippen LogP contribution < -0.4 is 5.32 Å². The van der Waals surface area contributed by atoms with Crippen LogP contribution in [0.5, 0.6) is 0 Å². The van der Waals surface area contributed by atoms with Crippen LogP contribution in [0.15, 0.2) is 29.2 Å². The topological polar surface area (TPSA) is 38.3 Å². The van der Waals surface area contributed by atoms with Gasteiger partial charge in [0.15, 0.2) is 0 Å². The third-order valence-corrected chi connectivity index (χ3v) is 5.49. The Bertz CT molecular complexity index is 462. The van der Waals surface area contributed by atoms with Crippen LogP contribution in [0, 0.1) is 0 Å².